The lowest BCUT2D eigenvalue weighted by Gasteiger charge is -2.25. The molecule has 1 saturated heterocycles. The molecule has 0 unspecified atom stereocenters. The summed E-state index contributed by atoms with van der Waals surface area (Å²) in [7, 11) is 3.80. The van der Waals surface area contributed by atoms with Crippen molar-refractivity contribution in [1.29, 1.82) is 0 Å². The molecular weight excluding hydrogens is 438 g/mol. The van der Waals surface area contributed by atoms with E-state index in [4.69, 9.17) is 4.74 Å². The number of amides is 1. The lowest BCUT2D eigenvalue weighted by molar-refractivity contribution is -0.384. The molecular formula is C25H29N3O6. The summed E-state index contributed by atoms with van der Waals surface area (Å²) >= 11 is 0. The molecule has 0 radical (unpaired) electrons. The normalized spacial score (nSPS) is 17.6. The maximum absolute atomic E-state index is 13.1. The Bertz CT molecular complexity index is 1110. The molecule has 180 valence electrons. The number of Topliss-reactive ketones (excluding diaryl/α,β-unsaturated/α-hetero) is 1. The summed E-state index contributed by atoms with van der Waals surface area (Å²) in [6.45, 7) is 4.73. The van der Waals surface area contributed by atoms with Gasteiger partial charge in [0, 0.05) is 24.2 Å². The number of nitro benzene ring substituents is 1. The van der Waals surface area contributed by atoms with Crippen molar-refractivity contribution in [2.75, 3.05) is 27.2 Å². The van der Waals surface area contributed by atoms with Crippen molar-refractivity contribution >= 4 is 23.1 Å². The molecule has 1 fully saturated rings. The van der Waals surface area contributed by atoms with Gasteiger partial charge in [-0.25, -0.2) is 0 Å². The van der Waals surface area contributed by atoms with Crippen molar-refractivity contribution in [2.24, 2.45) is 0 Å². The number of carbonyl (C=O) groups excluding carboxylic acids is 2. The number of carbonyl (C=O) groups is 2. The van der Waals surface area contributed by atoms with E-state index in [0.29, 0.717) is 29.8 Å². The minimum absolute atomic E-state index is 0.0270. The number of aliphatic hydroxyl groups is 1. The minimum atomic E-state index is -0.936. The van der Waals surface area contributed by atoms with Gasteiger partial charge in [0.25, 0.3) is 17.4 Å². The van der Waals surface area contributed by atoms with Gasteiger partial charge < -0.3 is 19.6 Å². The summed E-state index contributed by atoms with van der Waals surface area (Å²) in [5.74, 6) is -1.29. The fraction of sp³-hybridized carbons (Fsp3) is 0.360. The van der Waals surface area contributed by atoms with Gasteiger partial charge in [0.15, 0.2) is 0 Å². The van der Waals surface area contributed by atoms with Gasteiger partial charge in [0.05, 0.1) is 22.6 Å². The van der Waals surface area contributed by atoms with Gasteiger partial charge in [-0.1, -0.05) is 12.1 Å². The molecule has 2 aromatic carbocycles. The van der Waals surface area contributed by atoms with Gasteiger partial charge in [-0.2, -0.15) is 0 Å². The summed E-state index contributed by atoms with van der Waals surface area (Å²) in [5, 5.41) is 22.5. The quantitative estimate of drug-likeness (QED) is 0.196. The zero-order chi connectivity index (χ0) is 25.0. The number of nitro groups is 1. The van der Waals surface area contributed by atoms with Crippen molar-refractivity contribution in [2.45, 2.75) is 32.4 Å². The first-order valence-corrected chi connectivity index (χ1v) is 11.0. The monoisotopic (exact) mass is 467 g/mol. The second kappa shape index (κ2) is 10.5. The van der Waals surface area contributed by atoms with Crippen molar-refractivity contribution < 1.29 is 24.4 Å². The van der Waals surface area contributed by atoms with E-state index < -0.39 is 22.7 Å². The average Bonchev–Trinajstić information content (AvgIpc) is 3.03. The Labute approximate surface area is 198 Å². The van der Waals surface area contributed by atoms with Gasteiger partial charge in [-0.3, -0.25) is 19.7 Å². The van der Waals surface area contributed by atoms with Crippen LogP contribution in [0.15, 0.2) is 54.1 Å². The highest BCUT2D eigenvalue weighted by molar-refractivity contribution is 6.46. The second-order valence-electron chi connectivity index (χ2n) is 8.69. The molecule has 2 aromatic rings. The molecule has 1 aliphatic heterocycles. The van der Waals surface area contributed by atoms with Crippen LogP contribution in [0.4, 0.5) is 5.69 Å². The first kappa shape index (κ1) is 24.9. The van der Waals surface area contributed by atoms with Crippen LogP contribution in [0.2, 0.25) is 0 Å². The molecule has 1 N–H and O–H groups in total. The third kappa shape index (κ3) is 5.43. The summed E-state index contributed by atoms with van der Waals surface area (Å²) in [4.78, 5) is 40.2. The van der Waals surface area contributed by atoms with Crippen LogP contribution in [0, 0.1) is 10.1 Å². The van der Waals surface area contributed by atoms with E-state index in [1.165, 1.54) is 23.1 Å². The Morgan fingerprint density at radius 2 is 1.85 bits per heavy atom. The number of ketones is 1. The van der Waals surface area contributed by atoms with Crippen LogP contribution in [0.5, 0.6) is 5.75 Å². The molecule has 9 nitrogen and oxygen atoms in total. The summed E-state index contributed by atoms with van der Waals surface area (Å²) in [5.41, 5.74) is 0.483. The molecule has 1 amide bonds. The summed E-state index contributed by atoms with van der Waals surface area (Å²) in [6.07, 6.45) is 0.563. The van der Waals surface area contributed by atoms with E-state index >= 15 is 0 Å². The van der Waals surface area contributed by atoms with Gasteiger partial charge >= 0.3 is 0 Å². The lowest BCUT2D eigenvalue weighted by atomic mass is 9.95. The fourth-order valence-electron chi connectivity index (χ4n) is 3.94. The van der Waals surface area contributed by atoms with Gasteiger partial charge in [0.1, 0.15) is 11.5 Å². The largest absolute Gasteiger partial charge is 0.507 e. The number of likely N-dealkylation sites (tertiary alicyclic amines) is 1. The number of hydrogen-bond donors (Lipinski definition) is 1. The molecule has 9 heteroatoms. The van der Waals surface area contributed by atoms with Crippen LogP contribution < -0.4 is 4.74 Å². The topological polar surface area (TPSA) is 113 Å². The van der Waals surface area contributed by atoms with E-state index in [0.717, 1.165) is 0 Å². The third-order valence-electron chi connectivity index (χ3n) is 5.44. The van der Waals surface area contributed by atoms with Crippen LogP contribution in [0.1, 0.15) is 37.4 Å². The Morgan fingerprint density at radius 1 is 1.18 bits per heavy atom. The van der Waals surface area contributed by atoms with Crippen LogP contribution >= 0.6 is 0 Å². The molecule has 0 aliphatic carbocycles. The molecule has 0 saturated carbocycles. The Balaban J connectivity index is 2.08. The number of non-ortho nitro benzene ring substituents is 1. The highest BCUT2D eigenvalue weighted by atomic mass is 16.6. The molecule has 1 atom stereocenters. The minimum Gasteiger partial charge on any atom is -0.507 e. The Morgan fingerprint density at radius 3 is 2.44 bits per heavy atom. The molecule has 34 heavy (non-hydrogen) atoms. The van der Waals surface area contributed by atoms with Crippen LogP contribution in [0.25, 0.3) is 5.76 Å². The van der Waals surface area contributed by atoms with Crippen LogP contribution in [-0.2, 0) is 9.59 Å². The predicted molar refractivity (Wildman–Crippen MR) is 127 cm³/mol. The van der Waals surface area contributed by atoms with E-state index in [1.807, 2.05) is 32.8 Å². The first-order chi connectivity index (χ1) is 16.1. The van der Waals surface area contributed by atoms with E-state index in [2.05, 4.69) is 0 Å². The maximum Gasteiger partial charge on any atom is 0.295 e. The SMILES string of the molecule is CC(C)Oc1ccc(C(O)=C2C(=O)C(=O)N(CCCN(C)C)[C@H]2c2cccc([N+](=O)[O-])c2)cc1. The highest BCUT2D eigenvalue weighted by Gasteiger charge is 2.46. The fourth-order valence-corrected chi connectivity index (χ4v) is 3.94. The standard InChI is InChI=1S/C25H29N3O6/c1-16(2)34-20-11-9-17(10-12-20)23(29)21-22(18-7-5-8-19(15-18)28(32)33)27(25(31)24(21)30)14-6-13-26(3)4/h5,7-12,15-16,22,29H,6,13-14H2,1-4H3/t22-/m0/s1. The van der Waals surface area contributed by atoms with Crippen LogP contribution in [-0.4, -0.2) is 64.8 Å². The molecule has 0 bridgehead atoms. The molecule has 0 aromatic heterocycles. The number of nitrogens with zero attached hydrogens (tertiary/aromatic N) is 3. The first-order valence-electron chi connectivity index (χ1n) is 11.0. The van der Waals surface area contributed by atoms with Crippen molar-refractivity contribution in [1.82, 2.24) is 9.80 Å². The molecule has 1 aliphatic rings. The number of rotatable bonds is 9. The van der Waals surface area contributed by atoms with Gasteiger partial charge in [0.2, 0.25) is 0 Å². The smallest absolute Gasteiger partial charge is 0.295 e. The number of benzene rings is 2. The number of aliphatic hydroxyl groups excluding tert-OH is 1. The van der Waals surface area contributed by atoms with E-state index in [9.17, 15) is 24.8 Å². The molecule has 1 heterocycles. The number of hydrogen-bond acceptors (Lipinski definition) is 7. The Kier molecular flexibility index (Phi) is 7.68. The maximum atomic E-state index is 13.1. The average molecular weight is 468 g/mol. The zero-order valence-electron chi connectivity index (χ0n) is 19.7. The molecule has 3 rings (SSSR count). The third-order valence-corrected chi connectivity index (χ3v) is 5.44. The van der Waals surface area contributed by atoms with E-state index in [-0.39, 0.29) is 29.7 Å². The van der Waals surface area contributed by atoms with Gasteiger partial charge in [-0.15, -0.1) is 0 Å². The van der Waals surface area contributed by atoms with Crippen LogP contribution in [0.3, 0.4) is 0 Å². The predicted octanol–water partition coefficient (Wildman–Crippen LogP) is 3.76. The summed E-state index contributed by atoms with van der Waals surface area (Å²) < 4.78 is 5.62. The zero-order valence-corrected chi connectivity index (χ0v) is 19.7. The number of ether oxygens (including phenoxy) is 1. The van der Waals surface area contributed by atoms with Gasteiger partial charge in [-0.05, 0) is 70.7 Å². The summed E-state index contributed by atoms with van der Waals surface area (Å²) in [6, 6.07) is 11.4. The highest BCUT2D eigenvalue weighted by Crippen LogP contribution is 2.40. The lowest BCUT2D eigenvalue weighted by Crippen LogP contribution is -2.32. The second-order valence-corrected chi connectivity index (χ2v) is 8.69. The van der Waals surface area contributed by atoms with E-state index in [1.54, 1.807) is 30.3 Å². The van der Waals surface area contributed by atoms with Crippen molar-refractivity contribution in [3.05, 3.63) is 75.3 Å². The van der Waals surface area contributed by atoms with Crippen molar-refractivity contribution in [3.63, 3.8) is 0 Å². The Hall–Kier alpha value is -3.72. The van der Waals surface area contributed by atoms with Crippen molar-refractivity contribution in [3.8, 4) is 5.75 Å². The molecule has 0 spiro atoms.